The monoisotopic (exact) mass is 430 g/mol. The minimum atomic E-state index is -0.0443. The van der Waals surface area contributed by atoms with Crippen LogP contribution in [0.25, 0.3) is 0 Å². The summed E-state index contributed by atoms with van der Waals surface area (Å²) >= 11 is 0. The average Bonchev–Trinajstić information content (AvgIpc) is 2.76. The summed E-state index contributed by atoms with van der Waals surface area (Å²) < 4.78 is 0. The molecule has 0 bridgehead atoms. The third-order valence-electron chi connectivity index (χ3n) is 5.70. The smallest absolute Gasteiger partial charge is 0.251 e. The largest absolute Gasteiger partial charge is 0.370 e. The number of amides is 1. The Bertz CT molecular complexity index is 594. The van der Waals surface area contributed by atoms with E-state index in [1.54, 1.807) is 24.3 Å². The van der Waals surface area contributed by atoms with Gasteiger partial charge < -0.3 is 16.8 Å². The van der Waals surface area contributed by atoms with Crippen LogP contribution in [0, 0.1) is 0 Å². The van der Waals surface area contributed by atoms with Crippen molar-refractivity contribution in [3.63, 3.8) is 0 Å². The molecule has 0 aromatic heterocycles. The fourth-order valence-electron chi connectivity index (χ4n) is 3.81. The molecule has 176 valence electrons. The lowest BCUT2D eigenvalue weighted by Gasteiger charge is -2.06. The fourth-order valence-corrected chi connectivity index (χ4v) is 3.81. The molecule has 1 aromatic carbocycles. The molecule has 0 aliphatic carbocycles. The van der Waals surface area contributed by atoms with E-state index in [-0.39, 0.29) is 11.9 Å². The van der Waals surface area contributed by atoms with Crippen LogP contribution in [0.2, 0.25) is 0 Å². The van der Waals surface area contributed by atoms with Crippen LogP contribution in [-0.2, 0) is 0 Å². The van der Waals surface area contributed by atoms with E-state index >= 15 is 0 Å². The summed E-state index contributed by atoms with van der Waals surface area (Å²) in [6, 6.07) is 6.96. The van der Waals surface area contributed by atoms with E-state index < -0.39 is 0 Å². The molecule has 0 fully saturated rings. The van der Waals surface area contributed by atoms with E-state index in [4.69, 9.17) is 11.5 Å². The summed E-state index contributed by atoms with van der Waals surface area (Å²) in [5.74, 6) is -0.0297. The van der Waals surface area contributed by atoms with E-state index in [0.717, 1.165) is 13.0 Å². The third-order valence-corrected chi connectivity index (χ3v) is 5.70. The number of hydrogen-bond acceptors (Lipinski definition) is 2. The Morgan fingerprint density at radius 2 is 1.13 bits per heavy atom. The number of rotatable bonds is 19. The number of carbonyl (C=O) groups excluding carboxylic acids is 1. The number of aliphatic imine (C=N–C) groups is 1. The summed E-state index contributed by atoms with van der Waals surface area (Å²) in [5.41, 5.74) is 12.0. The first kappa shape index (κ1) is 27.0. The summed E-state index contributed by atoms with van der Waals surface area (Å²) in [5, 5.41) is 2.98. The van der Waals surface area contributed by atoms with Crippen molar-refractivity contribution in [2.75, 3.05) is 6.54 Å². The lowest BCUT2D eigenvalue weighted by molar-refractivity contribution is 0.0953. The molecular weight excluding hydrogens is 384 g/mol. The lowest BCUT2D eigenvalue weighted by Crippen LogP contribution is -2.24. The van der Waals surface area contributed by atoms with Gasteiger partial charge in [0.25, 0.3) is 5.91 Å². The minimum Gasteiger partial charge on any atom is -0.370 e. The molecule has 0 aliphatic heterocycles. The molecule has 5 heteroatoms. The fraction of sp³-hybridized carbons (Fsp3) is 0.692. The molecular formula is C26H46N4O. The molecule has 5 N–H and O–H groups in total. The first-order valence-corrected chi connectivity index (χ1v) is 12.6. The van der Waals surface area contributed by atoms with Crippen LogP contribution in [0.4, 0.5) is 5.69 Å². The van der Waals surface area contributed by atoms with Crippen LogP contribution in [-0.4, -0.2) is 18.4 Å². The Morgan fingerprint density at radius 1 is 0.710 bits per heavy atom. The van der Waals surface area contributed by atoms with Gasteiger partial charge in [0.2, 0.25) is 0 Å². The second-order valence-corrected chi connectivity index (χ2v) is 8.64. The highest BCUT2D eigenvalue weighted by atomic mass is 16.1. The van der Waals surface area contributed by atoms with Gasteiger partial charge in [-0.1, -0.05) is 103 Å². The lowest BCUT2D eigenvalue weighted by atomic mass is 10.0. The molecule has 0 radical (unpaired) electrons. The highest BCUT2D eigenvalue weighted by molar-refractivity contribution is 5.94. The highest BCUT2D eigenvalue weighted by Crippen LogP contribution is 2.14. The van der Waals surface area contributed by atoms with Crippen LogP contribution in [0.15, 0.2) is 29.3 Å². The van der Waals surface area contributed by atoms with E-state index in [1.807, 2.05) is 0 Å². The zero-order valence-electron chi connectivity index (χ0n) is 19.8. The van der Waals surface area contributed by atoms with Crippen LogP contribution in [0.3, 0.4) is 0 Å². The van der Waals surface area contributed by atoms with Gasteiger partial charge in [-0.15, -0.1) is 0 Å². The van der Waals surface area contributed by atoms with E-state index in [0.29, 0.717) is 11.3 Å². The average molecular weight is 431 g/mol. The molecule has 1 rings (SSSR count). The van der Waals surface area contributed by atoms with E-state index in [1.165, 1.54) is 96.3 Å². The summed E-state index contributed by atoms with van der Waals surface area (Å²) in [7, 11) is 0. The van der Waals surface area contributed by atoms with E-state index in [9.17, 15) is 4.79 Å². The molecule has 0 spiro atoms. The van der Waals surface area contributed by atoms with Crippen molar-refractivity contribution < 1.29 is 4.79 Å². The second kappa shape index (κ2) is 18.7. The van der Waals surface area contributed by atoms with Gasteiger partial charge in [0.05, 0.1) is 5.69 Å². The third kappa shape index (κ3) is 15.4. The SMILES string of the molecule is CCCCCCCCCCCCCCCCCCNC(=O)c1ccc(N=C(N)N)cc1. The molecule has 31 heavy (non-hydrogen) atoms. The van der Waals surface area contributed by atoms with Gasteiger partial charge in [-0.05, 0) is 30.7 Å². The number of nitrogens with two attached hydrogens (primary N) is 2. The highest BCUT2D eigenvalue weighted by Gasteiger charge is 2.04. The molecule has 0 heterocycles. The first-order chi connectivity index (χ1) is 15.1. The summed E-state index contributed by atoms with van der Waals surface area (Å²) in [4.78, 5) is 16.1. The van der Waals surface area contributed by atoms with Crippen molar-refractivity contribution in [2.45, 2.75) is 110 Å². The molecule has 0 atom stereocenters. The van der Waals surface area contributed by atoms with Gasteiger partial charge in [0.15, 0.2) is 5.96 Å². The van der Waals surface area contributed by atoms with Crippen LogP contribution >= 0.6 is 0 Å². The number of benzene rings is 1. The molecule has 0 aliphatic rings. The standard InChI is InChI=1S/C26H46N4O/c1-2-3-4-5-6-7-8-9-10-11-12-13-14-15-16-17-22-29-25(31)23-18-20-24(21-19-23)30-26(27)28/h18-21H,2-17,22H2,1H3,(H,29,31)(H4,27,28,30). The van der Waals surface area contributed by atoms with Crippen molar-refractivity contribution in [3.05, 3.63) is 29.8 Å². The van der Waals surface area contributed by atoms with Crippen LogP contribution in [0.5, 0.6) is 0 Å². The quantitative estimate of drug-likeness (QED) is 0.131. The number of carbonyl (C=O) groups is 1. The van der Waals surface area contributed by atoms with Crippen LogP contribution < -0.4 is 16.8 Å². The Morgan fingerprint density at radius 3 is 1.55 bits per heavy atom. The van der Waals surface area contributed by atoms with Gasteiger partial charge in [-0.25, -0.2) is 4.99 Å². The first-order valence-electron chi connectivity index (χ1n) is 12.6. The van der Waals surface area contributed by atoms with E-state index in [2.05, 4.69) is 17.2 Å². The van der Waals surface area contributed by atoms with Gasteiger partial charge in [0, 0.05) is 12.1 Å². The number of unbranched alkanes of at least 4 members (excludes halogenated alkanes) is 15. The number of nitrogens with one attached hydrogen (secondary N) is 1. The van der Waals surface area contributed by atoms with Crippen LogP contribution in [0.1, 0.15) is 120 Å². The Balaban J connectivity index is 1.88. The minimum absolute atomic E-state index is 0.0145. The van der Waals surface area contributed by atoms with Gasteiger partial charge >= 0.3 is 0 Å². The molecule has 1 amide bonds. The number of nitrogens with zero attached hydrogens (tertiary/aromatic N) is 1. The molecule has 1 aromatic rings. The second-order valence-electron chi connectivity index (χ2n) is 8.64. The number of guanidine groups is 1. The summed E-state index contributed by atoms with van der Waals surface area (Å²) in [6.07, 6.45) is 21.7. The van der Waals surface area contributed by atoms with Crippen molar-refractivity contribution in [1.82, 2.24) is 5.32 Å². The normalized spacial score (nSPS) is 10.7. The number of hydrogen-bond donors (Lipinski definition) is 3. The van der Waals surface area contributed by atoms with Crippen molar-refractivity contribution in [2.24, 2.45) is 16.5 Å². The van der Waals surface area contributed by atoms with Crippen molar-refractivity contribution in [3.8, 4) is 0 Å². The van der Waals surface area contributed by atoms with Crippen molar-refractivity contribution in [1.29, 1.82) is 0 Å². The Hall–Kier alpha value is -2.04. The predicted molar refractivity (Wildman–Crippen MR) is 134 cm³/mol. The zero-order valence-corrected chi connectivity index (χ0v) is 19.8. The molecule has 0 unspecified atom stereocenters. The maximum Gasteiger partial charge on any atom is 0.251 e. The maximum absolute atomic E-state index is 12.1. The maximum atomic E-state index is 12.1. The predicted octanol–water partition coefficient (Wildman–Crippen LogP) is 6.58. The topological polar surface area (TPSA) is 93.5 Å². The van der Waals surface area contributed by atoms with Crippen molar-refractivity contribution >= 4 is 17.6 Å². The van der Waals surface area contributed by atoms with Gasteiger partial charge in [-0.2, -0.15) is 0 Å². The Labute approximate surface area is 190 Å². The molecule has 5 nitrogen and oxygen atoms in total. The summed E-state index contributed by atoms with van der Waals surface area (Å²) in [6.45, 7) is 3.01. The zero-order chi connectivity index (χ0) is 22.6. The molecule has 0 saturated carbocycles. The van der Waals surface area contributed by atoms with Gasteiger partial charge in [0.1, 0.15) is 0 Å². The molecule has 0 saturated heterocycles. The van der Waals surface area contributed by atoms with Gasteiger partial charge in [-0.3, -0.25) is 4.79 Å². The Kier molecular flexibility index (Phi) is 16.3.